The van der Waals surface area contributed by atoms with E-state index in [1.807, 2.05) is 6.92 Å². The predicted octanol–water partition coefficient (Wildman–Crippen LogP) is 0.650. The Morgan fingerprint density at radius 2 is 2.21 bits per heavy atom. The number of aliphatic carboxylic acids is 1. The lowest BCUT2D eigenvalue weighted by Crippen LogP contribution is -2.40. The Balaban J connectivity index is 2.94. The third kappa shape index (κ3) is 3.77. The molecule has 0 fully saturated rings. The first-order valence-electron chi connectivity index (χ1n) is 6.03. The minimum Gasteiger partial charge on any atom is -0.480 e. The van der Waals surface area contributed by atoms with Crippen molar-refractivity contribution in [1.29, 1.82) is 0 Å². The summed E-state index contributed by atoms with van der Waals surface area (Å²) in [6.07, 6.45) is 2.93. The third-order valence-electron chi connectivity index (χ3n) is 2.92. The van der Waals surface area contributed by atoms with Crippen LogP contribution in [0.3, 0.4) is 0 Å². The van der Waals surface area contributed by atoms with Crippen molar-refractivity contribution in [2.45, 2.75) is 44.0 Å². The Hall–Kier alpha value is -1.41. The molecule has 108 valence electrons. The highest BCUT2D eigenvalue weighted by Gasteiger charge is 2.27. The number of nitrogens with one attached hydrogen (secondary N) is 1. The molecule has 1 atom stereocenters. The predicted molar refractivity (Wildman–Crippen MR) is 69.2 cm³/mol. The molecule has 1 heterocycles. The Labute approximate surface area is 112 Å². The van der Waals surface area contributed by atoms with Crippen LogP contribution in [0.2, 0.25) is 0 Å². The largest absolute Gasteiger partial charge is 0.480 e. The van der Waals surface area contributed by atoms with Crippen LogP contribution in [0.15, 0.2) is 11.1 Å². The summed E-state index contributed by atoms with van der Waals surface area (Å²) in [6, 6.07) is -1.11. The third-order valence-corrected chi connectivity index (χ3v) is 4.50. The minimum atomic E-state index is -3.86. The maximum absolute atomic E-state index is 12.1. The van der Waals surface area contributed by atoms with E-state index in [2.05, 4.69) is 9.82 Å². The Kier molecular flexibility index (Phi) is 5.07. The average Bonchev–Trinajstić information content (AvgIpc) is 2.65. The maximum Gasteiger partial charge on any atom is 0.321 e. The summed E-state index contributed by atoms with van der Waals surface area (Å²) in [7, 11) is -2.23. The van der Waals surface area contributed by atoms with E-state index in [0.717, 1.165) is 6.42 Å². The van der Waals surface area contributed by atoms with Crippen LogP contribution in [0.5, 0.6) is 0 Å². The van der Waals surface area contributed by atoms with Gasteiger partial charge in [0.15, 0.2) is 0 Å². The summed E-state index contributed by atoms with van der Waals surface area (Å²) in [6.45, 7) is 3.53. The van der Waals surface area contributed by atoms with Crippen molar-refractivity contribution in [1.82, 2.24) is 14.5 Å². The van der Waals surface area contributed by atoms with Gasteiger partial charge in [0, 0.05) is 7.05 Å². The SMILES string of the molecule is CCCC[C@H](NS(=O)(=O)c1cnn(C)c1C)C(=O)O. The van der Waals surface area contributed by atoms with Gasteiger partial charge in [-0.15, -0.1) is 0 Å². The standard InChI is InChI=1S/C11H19N3O4S/c1-4-5-6-9(11(15)16)13-19(17,18)10-7-12-14(3)8(10)2/h7,9,13H,4-6H2,1-3H3,(H,15,16)/t9-/m0/s1. The van der Waals surface area contributed by atoms with E-state index in [1.165, 1.54) is 10.9 Å². The molecule has 0 saturated heterocycles. The van der Waals surface area contributed by atoms with Crippen molar-refractivity contribution in [2.24, 2.45) is 7.05 Å². The minimum absolute atomic E-state index is 0.0118. The molecule has 0 radical (unpaired) electrons. The molecule has 0 spiro atoms. The van der Waals surface area contributed by atoms with Gasteiger partial charge in [0.05, 0.1) is 11.9 Å². The van der Waals surface area contributed by atoms with Crippen LogP contribution in [0, 0.1) is 6.92 Å². The smallest absolute Gasteiger partial charge is 0.321 e. The first-order chi connectivity index (χ1) is 8.79. The lowest BCUT2D eigenvalue weighted by atomic mass is 10.1. The van der Waals surface area contributed by atoms with Gasteiger partial charge >= 0.3 is 5.97 Å². The van der Waals surface area contributed by atoms with Crippen molar-refractivity contribution < 1.29 is 18.3 Å². The molecule has 7 nitrogen and oxygen atoms in total. The molecule has 0 amide bonds. The van der Waals surface area contributed by atoms with Crippen molar-refractivity contribution >= 4 is 16.0 Å². The quantitative estimate of drug-likeness (QED) is 0.767. The molecule has 19 heavy (non-hydrogen) atoms. The summed E-state index contributed by atoms with van der Waals surface area (Å²) >= 11 is 0. The summed E-state index contributed by atoms with van der Waals surface area (Å²) in [5.41, 5.74) is 0.465. The Bertz CT molecular complexity index is 550. The van der Waals surface area contributed by atoms with Gasteiger partial charge in [-0.25, -0.2) is 8.42 Å². The number of nitrogens with zero attached hydrogens (tertiary/aromatic N) is 2. The molecule has 1 aromatic rings. The maximum atomic E-state index is 12.1. The van der Waals surface area contributed by atoms with Gasteiger partial charge in [-0.1, -0.05) is 19.8 Å². The number of carboxylic acid groups (broad SMARTS) is 1. The normalized spacial score (nSPS) is 13.4. The number of rotatable bonds is 7. The molecule has 0 bridgehead atoms. The number of aromatic nitrogens is 2. The van der Waals surface area contributed by atoms with Crippen LogP contribution in [0.25, 0.3) is 0 Å². The fourth-order valence-corrected chi connectivity index (χ4v) is 3.06. The second-order valence-corrected chi connectivity index (χ2v) is 6.05. The van der Waals surface area contributed by atoms with E-state index in [0.29, 0.717) is 12.1 Å². The Morgan fingerprint density at radius 3 is 2.63 bits per heavy atom. The molecule has 0 unspecified atom stereocenters. The van der Waals surface area contributed by atoms with Gasteiger partial charge in [-0.3, -0.25) is 9.48 Å². The van der Waals surface area contributed by atoms with Gasteiger partial charge in [-0.2, -0.15) is 9.82 Å². The fourth-order valence-electron chi connectivity index (χ4n) is 1.63. The molecule has 0 aromatic carbocycles. The van der Waals surface area contributed by atoms with E-state index in [-0.39, 0.29) is 11.3 Å². The van der Waals surface area contributed by atoms with Crippen LogP contribution < -0.4 is 4.72 Å². The zero-order chi connectivity index (χ0) is 14.6. The second kappa shape index (κ2) is 6.16. The number of hydrogen-bond donors (Lipinski definition) is 2. The molecule has 1 rings (SSSR count). The zero-order valence-corrected chi connectivity index (χ0v) is 12.1. The highest BCUT2D eigenvalue weighted by Crippen LogP contribution is 2.14. The highest BCUT2D eigenvalue weighted by atomic mass is 32.2. The number of sulfonamides is 1. The molecule has 0 aliphatic rings. The summed E-state index contributed by atoms with van der Waals surface area (Å²) in [5, 5.41) is 12.9. The topological polar surface area (TPSA) is 101 Å². The molecular weight excluding hydrogens is 270 g/mol. The number of carboxylic acids is 1. The summed E-state index contributed by atoms with van der Waals surface area (Å²) in [5.74, 6) is -1.17. The van der Waals surface area contributed by atoms with Crippen LogP contribution in [-0.4, -0.2) is 35.3 Å². The highest BCUT2D eigenvalue weighted by molar-refractivity contribution is 7.89. The van der Waals surface area contributed by atoms with E-state index >= 15 is 0 Å². The van der Waals surface area contributed by atoms with Gasteiger partial charge in [0.2, 0.25) is 10.0 Å². The number of hydrogen-bond acceptors (Lipinski definition) is 4. The second-order valence-electron chi connectivity index (χ2n) is 4.37. The number of carbonyl (C=O) groups is 1. The van der Waals surface area contributed by atoms with Crippen molar-refractivity contribution in [3.63, 3.8) is 0 Å². The number of unbranched alkanes of at least 4 members (excludes halogenated alkanes) is 1. The lowest BCUT2D eigenvalue weighted by Gasteiger charge is -2.14. The lowest BCUT2D eigenvalue weighted by molar-refractivity contribution is -0.139. The van der Waals surface area contributed by atoms with Crippen LogP contribution >= 0.6 is 0 Å². The van der Waals surface area contributed by atoms with Gasteiger partial charge in [-0.05, 0) is 13.3 Å². The average molecular weight is 289 g/mol. The first kappa shape index (κ1) is 15.6. The van der Waals surface area contributed by atoms with E-state index in [1.54, 1.807) is 14.0 Å². The van der Waals surface area contributed by atoms with Crippen LogP contribution in [0.1, 0.15) is 31.9 Å². The summed E-state index contributed by atoms with van der Waals surface area (Å²) < 4.78 is 27.9. The molecule has 0 aliphatic carbocycles. The molecule has 1 aromatic heterocycles. The summed E-state index contributed by atoms with van der Waals surface area (Å²) in [4.78, 5) is 11.1. The molecule has 0 aliphatic heterocycles. The van der Waals surface area contributed by atoms with Crippen molar-refractivity contribution in [2.75, 3.05) is 0 Å². The van der Waals surface area contributed by atoms with Crippen molar-refractivity contribution in [3.05, 3.63) is 11.9 Å². The number of aryl methyl sites for hydroxylation is 1. The van der Waals surface area contributed by atoms with Crippen molar-refractivity contribution in [3.8, 4) is 0 Å². The van der Waals surface area contributed by atoms with Gasteiger partial charge < -0.3 is 5.11 Å². The van der Waals surface area contributed by atoms with Crippen LogP contribution in [0.4, 0.5) is 0 Å². The Morgan fingerprint density at radius 1 is 1.58 bits per heavy atom. The molecule has 8 heteroatoms. The van der Waals surface area contributed by atoms with Crippen LogP contribution in [-0.2, 0) is 21.9 Å². The first-order valence-corrected chi connectivity index (χ1v) is 7.51. The van der Waals surface area contributed by atoms with Gasteiger partial charge in [0.25, 0.3) is 0 Å². The van der Waals surface area contributed by atoms with Gasteiger partial charge in [0.1, 0.15) is 10.9 Å². The monoisotopic (exact) mass is 289 g/mol. The van der Waals surface area contributed by atoms with E-state index in [9.17, 15) is 13.2 Å². The molecule has 2 N–H and O–H groups in total. The fraction of sp³-hybridized carbons (Fsp3) is 0.636. The molecule has 0 saturated carbocycles. The molecular formula is C11H19N3O4S. The van der Waals surface area contributed by atoms with E-state index in [4.69, 9.17) is 5.11 Å². The van der Waals surface area contributed by atoms with E-state index < -0.39 is 22.0 Å². The zero-order valence-electron chi connectivity index (χ0n) is 11.3.